The maximum atomic E-state index is 12.1. The summed E-state index contributed by atoms with van der Waals surface area (Å²) in [6.07, 6.45) is 0. The van der Waals surface area contributed by atoms with Crippen molar-refractivity contribution >= 4 is 68.1 Å². The number of benzene rings is 3. The molecule has 3 N–H and O–H groups in total. The Bertz CT molecular complexity index is 1240. The summed E-state index contributed by atoms with van der Waals surface area (Å²) in [7, 11) is 0. The van der Waals surface area contributed by atoms with E-state index < -0.39 is 11.9 Å². The summed E-state index contributed by atoms with van der Waals surface area (Å²) in [5.74, 6) is -0.889. The van der Waals surface area contributed by atoms with E-state index >= 15 is 0 Å². The number of carbonyl (C=O) groups is 2. The van der Waals surface area contributed by atoms with E-state index in [1.165, 1.54) is 6.92 Å². The highest BCUT2D eigenvalue weighted by Crippen LogP contribution is 2.32. The van der Waals surface area contributed by atoms with Gasteiger partial charge in [-0.2, -0.15) is 0 Å². The van der Waals surface area contributed by atoms with Crippen LogP contribution in [-0.2, 0) is 25.5 Å². The minimum Gasteiger partial charge on any atom is -0.462 e. The zero-order valence-corrected chi connectivity index (χ0v) is 24.5. The third-order valence-electron chi connectivity index (χ3n) is 5.58. The highest BCUT2D eigenvalue weighted by molar-refractivity contribution is 9.10. The van der Waals surface area contributed by atoms with E-state index in [1.807, 2.05) is 36.4 Å². The number of halogens is 3. The summed E-state index contributed by atoms with van der Waals surface area (Å²) in [6.45, 7) is 5.04. The number of nitrogen functional groups attached to an aromatic ring is 1. The van der Waals surface area contributed by atoms with Gasteiger partial charge in [-0.05, 0) is 57.9 Å². The van der Waals surface area contributed by atoms with E-state index in [0.717, 1.165) is 30.0 Å². The molecule has 0 amide bonds. The van der Waals surface area contributed by atoms with Gasteiger partial charge in [-0.1, -0.05) is 47.5 Å². The standard InChI is InChI=1S/C16H21BrN2O5.C12H9Cl2N/c1-11(20)23-6-7-24-16(21)12-8-13(15(18)14(17)9-12)10-19-2-4-22-5-3-19;13-10-7-4-8-11(14)12(10)15-9-5-2-1-3-6-9/h8-9H,2-7,10,18H2,1H3;1-8,15H. The summed E-state index contributed by atoms with van der Waals surface area (Å²) in [5, 5.41) is 4.41. The van der Waals surface area contributed by atoms with Gasteiger partial charge in [0.25, 0.3) is 0 Å². The Kier molecular flexibility index (Phi) is 12.4. The first-order valence-electron chi connectivity index (χ1n) is 12.2. The van der Waals surface area contributed by atoms with Crippen molar-refractivity contribution < 1.29 is 23.8 Å². The quantitative estimate of drug-likeness (QED) is 0.168. The first kappa shape index (κ1) is 30.7. The van der Waals surface area contributed by atoms with Crippen LogP contribution >= 0.6 is 39.1 Å². The zero-order valence-electron chi connectivity index (χ0n) is 21.4. The summed E-state index contributed by atoms with van der Waals surface area (Å²) in [5.41, 5.74) is 9.69. The van der Waals surface area contributed by atoms with Gasteiger partial charge in [-0.15, -0.1) is 0 Å². The van der Waals surface area contributed by atoms with Crippen molar-refractivity contribution in [3.05, 3.63) is 86.3 Å². The number of carbonyl (C=O) groups excluding carboxylic acids is 2. The number of rotatable bonds is 8. The molecule has 3 aromatic rings. The minimum absolute atomic E-state index is 0.0131. The molecule has 11 heteroatoms. The van der Waals surface area contributed by atoms with E-state index in [0.29, 0.717) is 45.5 Å². The summed E-state index contributed by atoms with van der Waals surface area (Å²) in [4.78, 5) is 25.0. The number of para-hydroxylation sites is 2. The lowest BCUT2D eigenvalue weighted by molar-refractivity contribution is -0.142. The van der Waals surface area contributed by atoms with Crippen molar-refractivity contribution in [3.8, 4) is 0 Å². The molecule has 1 aliphatic rings. The van der Waals surface area contributed by atoms with Crippen molar-refractivity contribution in [2.24, 2.45) is 0 Å². The van der Waals surface area contributed by atoms with Gasteiger partial charge in [0.15, 0.2) is 0 Å². The highest BCUT2D eigenvalue weighted by atomic mass is 79.9. The number of hydrogen-bond donors (Lipinski definition) is 2. The molecule has 0 saturated carbocycles. The van der Waals surface area contributed by atoms with E-state index in [4.69, 9.17) is 43.1 Å². The zero-order chi connectivity index (χ0) is 28.2. The Morgan fingerprint density at radius 1 is 1.00 bits per heavy atom. The third-order valence-corrected chi connectivity index (χ3v) is 6.86. The van der Waals surface area contributed by atoms with Crippen molar-refractivity contribution in [3.63, 3.8) is 0 Å². The molecular formula is C28H30BrCl2N3O5. The SMILES string of the molecule is CC(=O)OCCOC(=O)c1cc(Br)c(N)c(CN2CCOCC2)c1.Clc1cccc(Cl)c1Nc1ccccc1. The Morgan fingerprint density at radius 3 is 2.28 bits per heavy atom. The van der Waals surface area contributed by atoms with Crippen LogP contribution in [0.25, 0.3) is 0 Å². The molecule has 208 valence electrons. The molecule has 0 bridgehead atoms. The van der Waals surface area contributed by atoms with Crippen LogP contribution in [-0.4, -0.2) is 56.4 Å². The predicted octanol–water partition coefficient (Wildman–Crippen LogP) is 6.32. The maximum Gasteiger partial charge on any atom is 0.338 e. The fraction of sp³-hybridized carbons (Fsp3) is 0.286. The van der Waals surface area contributed by atoms with Crippen molar-refractivity contribution in [1.82, 2.24) is 4.90 Å². The van der Waals surface area contributed by atoms with Gasteiger partial charge in [0.05, 0.1) is 40.2 Å². The molecule has 1 heterocycles. The van der Waals surface area contributed by atoms with Gasteiger partial charge < -0.3 is 25.3 Å². The Hall–Kier alpha value is -2.82. The van der Waals surface area contributed by atoms with Gasteiger partial charge in [0, 0.05) is 36.7 Å². The number of nitrogens with one attached hydrogen (secondary N) is 1. The third kappa shape index (κ3) is 10.0. The average molecular weight is 639 g/mol. The molecule has 1 saturated heterocycles. The second-order valence-electron chi connectivity index (χ2n) is 8.48. The average Bonchev–Trinajstić information content (AvgIpc) is 2.92. The molecule has 0 atom stereocenters. The van der Waals surface area contributed by atoms with E-state index in [1.54, 1.807) is 24.3 Å². The van der Waals surface area contributed by atoms with Crippen molar-refractivity contribution in [2.45, 2.75) is 13.5 Å². The van der Waals surface area contributed by atoms with Crippen LogP contribution < -0.4 is 11.1 Å². The number of anilines is 3. The highest BCUT2D eigenvalue weighted by Gasteiger charge is 2.17. The lowest BCUT2D eigenvalue weighted by Gasteiger charge is -2.27. The molecule has 0 aliphatic carbocycles. The Morgan fingerprint density at radius 2 is 1.64 bits per heavy atom. The van der Waals surface area contributed by atoms with E-state index in [-0.39, 0.29) is 13.2 Å². The number of esters is 2. The van der Waals surface area contributed by atoms with Crippen LogP contribution in [0.15, 0.2) is 65.1 Å². The Labute approximate surface area is 246 Å². The second-order valence-corrected chi connectivity index (χ2v) is 10.2. The summed E-state index contributed by atoms with van der Waals surface area (Å²) in [6, 6.07) is 18.6. The largest absolute Gasteiger partial charge is 0.462 e. The molecule has 0 unspecified atom stereocenters. The molecule has 1 aliphatic heterocycles. The van der Waals surface area contributed by atoms with Gasteiger partial charge >= 0.3 is 11.9 Å². The number of nitrogens with two attached hydrogens (primary N) is 1. The molecule has 0 aromatic heterocycles. The molecule has 0 spiro atoms. The monoisotopic (exact) mass is 637 g/mol. The molecule has 39 heavy (non-hydrogen) atoms. The lowest BCUT2D eigenvalue weighted by Crippen LogP contribution is -2.35. The van der Waals surface area contributed by atoms with Gasteiger partial charge in [0.1, 0.15) is 13.2 Å². The summed E-state index contributed by atoms with van der Waals surface area (Å²) >= 11 is 15.5. The number of hydrogen-bond acceptors (Lipinski definition) is 8. The van der Waals surface area contributed by atoms with Gasteiger partial charge in [0.2, 0.25) is 0 Å². The lowest BCUT2D eigenvalue weighted by atomic mass is 10.1. The first-order valence-corrected chi connectivity index (χ1v) is 13.7. The number of morpholine rings is 1. The normalized spacial score (nSPS) is 13.1. The van der Waals surface area contributed by atoms with E-state index in [9.17, 15) is 9.59 Å². The fourth-order valence-corrected chi connectivity index (χ4v) is 4.60. The molecule has 3 aromatic carbocycles. The van der Waals surface area contributed by atoms with Crippen molar-refractivity contribution in [1.29, 1.82) is 0 Å². The van der Waals surface area contributed by atoms with Crippen LogP contribution in [0.1, 0.15) is 22.8 Å². The van der Waals surface area contributed by atoms with Crippen LogP contribution in [0.5, 0.6) is 0 Å². The van der Waals surface area contributed by atoms with Crippen LogP contribution in [0.3, 0.4) is 0 Å². The second kappa shape index (κ2) is 15.7. The number of ether oxygens (including phenoxy) is 3. The van der Waals surface area contributed by atoms with E-state index in [2.05, 4.69) is 26.1 Å². The van der Waals surface area contributed by atoms with Crippen LogP contribution in [0, 0.1) is 0 Å². The minimum atomic E-state index is -0.480. The topological polar surface area (TPSA) is 103 Å². The molecular weight excluding hydrogens is 609 g/mol. The summed E-state index contributed by atoms with van der Waals surface area (Å²) < 4.78 is 15.8. The fourth-order valence-electron chi connectivity index (χ4n) is 3.61. The molecule has 8 nitrogen and oxygen atoms in total. The Balaban J connectivity index is 0.000000239. The maximum absolute atomic E-state index is 12.1. The van der Waals surface area contributed by atoms with Gasteiger partial charge in [-0.25, -0.2) is 4.79 Å². The van der Waals surface area contributed by atoms with Crippen LogP contribution in [0.2, 0.25) is 10.0 Å². The molecule has 1 fully saturated rings. The van der Waals surface area contributed by atoms with Crippen molar-refractivity contribution in [2.75, 3.05) is 50.6 Å². The molecule has 0 radical (unpaired) electrons. The smallest absolute Gasteiger partial charge is 0.338 e. The van der Waals surface area contributed by atoms with Crippen LogP contribution in [0.4, 0.5) is 17.1 Å². The first-order chi connectivity index (χ1) is 18.7. The molecule has 4 rings (SSSR count). The van der Waals surface area contributed by atoms with Gasteiger partial charge in [-0.3, -0.25) is 9.69 Å². The number of nitrogens with zero attached hydrogens (tertiary/aromatic N) is 1. The predicted molar refractivity (Wildman–Crippen MR) is 158 cm³/mol.